The molecular formula is C13H22IN3. The van der Waals surface area contributed by atoms with Gasteiger partial charge in [0.1, 0.15) is 11.6 Å². The van der Waals surface area contributed by atoms with Gasteiger partial charge in [0.25, 0.3) is 0 Å². The fraction of sp³-hybridized carbons (Fsp3) is 0.692. The van der Waals surface area contributed by atoms with Gasteiger partial charge in [0.05, 0.1) is 9.26 Å². The summed E-state index contributed by atoms with van der Waals surface area (Å²) in [6.07, 6.45) is 4.34. The van der Waals surface area contributed by atoms with Gasteiger partial charge in [-0.1, -0.05) is 27.2 Å². The number of unbranched alkanes of at least 4 members (excludes halogenated alkanes) is 1. The van der Waals surface area contributed by atoms with Crippen molar-refractivity contribution < 1.29 is 0 Å². The van der Waals surface area contributed by atoms with Crippen molar-refractivity contribution in [3.63, 3.8) is 0 Å². The zero-order chi connectivity index (χ0) is 12.8. The largest absolute Gasteiger partial charge is 0.372 e. The van der Waals surface area contributed by atoms with E-state index in [0.29, 0.717) is 5.92 Å². The number of nitrogens with one attached hydrogen (secondary N) is 1. The van der Waals surface area contributed by atoms with Crippen molar-refractivity contribution in [3.8, 4) is 0 Å². The molecule has 0 aliphatic carbocycles. The summed E-state index contributed by atoms with van der Waals surface area (Å²) in [5.41, 5.74) is 1.19. The first kappa shape index (κ1) is 14.7. The molecule has 0 atom stereocenters. The second kappa shape index (κ2) is 7.13. The summed E-state index contributed by atoms with van der Waals surface area (Å²) in [5.74, 6) is 2.58. The van der Waals surface area contributed by atoms with Gasteiger partial charge in [0, 0.05) is 13.5 Å². The van der Waals surface area contributed by atoms with Gasteiger partial charge < -0.3 is 5.32 Å². The molecule has 4 heteroatoms. The van der Waals surface area contributed by atoms with E-state index in [-0.39, 0.29) is 0 Å². The zero-order valence-electron chi connectivity index (χ0n) is 11.2. The lowest BCUT2D eigenvalue weighted by molar-refractivity contribution is 0.625. The molecule has 96 valence electrons. The predicted molar refractivity (Wildman–Crippen MR) is 81.4 cm³/mol. The van der Waals surface area contributed by atoms with Crippen LogP contribution in [0.3, 0.4) is 0 Å². The fourth-order valence-corrected chi connectivity index (χ4v) is 2.41. The minimum Gasteiger partial charge on any atom is -0.372 e. The predicted octanol–water partition coefficient (Wildman–Crippen LogP) is 3.66. The maximum Gasteiger partial charge on any atom is 0.143 e. The Morgan fingerprint density at radius 2 is 2.00 bits per heavy atom. The molecule has 0 fully saturated rings. The summed E-state index contributed by atoms with van der Waals surface area (Å²) in [6, 6.07) is 0. The number of hydrogen-bond acceptors (Lipinski definition) is 3. The molecule has 1 aromatic heterocycles. The van der Waals surface area contributed by atoms with Crippen molar-refractivity contribution in [2.75, 3.05) is 12.4 Å². The summed E-state index contributed by atoms with van der Waals surface area (Å²) in [7, 11) is 1.92. The van der Waals surface area contributed by atoms with Crippen LogP contribution >= 0.6 is 22.6 Å². The molecule has 1 rings (SSSR count). The van der Waals surface area contributed by atoms with Crippen molar-refractivity contribution in [1.29, 1.82) is 0 Å². The van der Waals surface area contributed by atoms with Crippen molar-refractivity contribution >= 4 is 28.4 Å². The highest BCUT2D eigenvalue weighted by Crippen LogP contribution is 2.21. The molecular weight excluding hydrogens is 325 g/mol. The molecule has 0 saturated carbocycles. The molecule has 0 unspecified atom stereocenters. The molecule has 3 nitrogen and oxygen atoms in total. The SMILES string of the molecule is CCCCc1nc(CC(C)C)c(I)c(NC)n1. The van der Waals surface area contributed by atoms with Gasteiger partial charge in [-0.2, -0.15) is 0 Å². The Morgan fingerprint density at radius 1 is 1.29 bits per heavy atom. The van der Waals surface area contributed by atoms with Crippen LogP contribution in [-0.4, -0.2) is 17.0 Å². The van der Waals surface area contributed by atoms with E-state index in [1.807, 2.05) is 7.05 Å². The van der Waals surface area contributed by atoms with Crippen molar-refractivity contribution in [1.82, 2.24) is 9.97 Å². The molecule has 0 radical (unpaired) electrons. The molecule has 0 saturated heterocycles. The molecule has 1 heterocycles. The summed E-state index contributed by atoms with van der Waals surface area (Å²) < 4.78 is 1.17. The van der Waals surface area contributed by atoms with Crippen LogP contribution in [-0.2, 0) is 12.8 Å². The Hall–Kier alpha value is -0.390. The van der Waals surface area contributed by atoms with Crippen LogP contribution in [0.2, 0.25) is 0 Å². The standard InChI is InChI=1S/C13H22IN3/c1-5-6-7-11-16-10(8-9(2)3)12(14)13(15-4)17-11/h9H,5-8H2,1-4H3,(H,15,16,17). The molecule has 17 heavy (non-hydrogen) atoms. The van der Waals surface area contributed by atoms with Crippen LogP contribution in [0.5, 0.6) is 0 Å². The van der Waals surface area contributed by atoms with Crippen LogP contribution in [0, 0.1) is 9.49 Å². The van der Waals surface area contributed by atoms with E-state index >= 15 is 0 Å². The number of hydrogen-bond donors (Lipinski definition) is 1. The van der Waals surface area contributed by atoms with E-state index in [4.69, 9.17) is 4.98 Å². The Morgan fingerprint density at radius 3 is 2.53 bits per heavy atom. The highest BCUT2D eigenvalue weighted by Gasteiger charge is 2.12. The maximum absolute atomic E-state index is 4.70. The Bertz CT molecular complexity index is 364. The van der Waals surface area contributed by atoms with Crippen LogP contribution in [0.1, 0.15) is 45.1 Å². The topological polar surface area (TPSA) is 37.8 Å². The van der Waals surface area contributed by atoms with Crippen LogP contribution in [0.4, 0.5) is 5.82 Å². The number of aryl methyl sites for hydroxylation is 1. The van der Waals surface area contributed by atoms with Gasteiger partial charge in [-0.15, -0.1) is 0 Å². The highest BCUT2D eigenvalue weighted by atomic mass is 127. The van der Waals surface area contributed by atoms with Crippen molar-refractivity contribution in [2.24, 2.45) is 5.92 Å². The number of halogens is 1. The molecule has 0 amide bonds. The summed E-state index contributed by atoms with van der Waals surface area (Å²) >= 11 is 2.34. The zero-order valence-corrected chi connectivity index (χ0v) is 13.3. The molecule has 0 spiro atoms. The minimum absolute atomic E-state index is 0.627. The van der Waals surface area contributed by atoms with Gasteiger partial charge in [0.15, 0.2) is 0 Å². The number of nitrogens with zero attached hydrogens (tertiary/aromatic N) is 2. The monoisotopic (exact) mass is 347 g/mol. The van der Waals surface area contributed by atoms with Crippen molar-refractivity contribution in [2.45, 2.75) is 46.5 Å². The first-order chi connectivity index (χ1) is 8.08. The van der Waals surface area contributed by atoms with Gasteiger partial charge in [-0.3, -0.25) is 0 Å². The van der Waals surface area contributed by atoms with Crippen LogP contribution < -0.4 is 5.32 Å². The molecule has 0 bridgehead atoms. The Kier molecular flexibility index (Phi) is 6.16. The highest BCUT2D eigenvalue weighted by molar-refractivity contribution is 14.1. The summed E-state index contributed by atoms with van der Waals surface area (Å²) in [6.45, 7) is 6.65. The quantitative estimate of drug-likeness (QED) is 0.798. The van der Waals surface area contributed by atoms with E-state index < -0.39 is 0 Å². The van der Waals surface area contributed by atoms with Crippen LogP contribution in [0.25, 0.3) is 0 Å². The van der Waals surface area contributed by atoms with Crippen LogP contribution in [0.15, 0.2) is 0 Å². The van der Waals surface area contributed by atoms with E-state index in [1.54, 1.807) is 0 Å². The van der Waals surface area contributed by atoms with E-state index in [1.165, 1.54) is 15.7 Å². The normalized spacial score (nSPS) is 10.9. The van der Waals surface area contributed by atoms with Crippen molar-refractivity contribution in [3.05, 3.63) is 15.1 Å². The Labute approximate surface area is 118 Å². The Balaban J connectivity index is 3.00. The second-order valence-electron chi connectivity index (χ2n) is 4.70. The average Bonchev–Trinajstić information content (AvgIpc) is 2.29. The number of aromatic nitrogens is 2. The maximum atomic E-state index is 4.70. The molecule has 0 aliphatic heterocycles. The first-order valence-corrected chi connectivity index (χ1v) is 7.39. The van der Waals surface area contributed by atoms with E-state index in [9.17, 15) is 0 Å². The minimum atomic E-state index is 0.627. The lowest BCUT2D eigenvalue weighted by atomic mass is 10.1. The first-order valence-electron chi connectivity index (χ1n) is 6.31. The molecule has 1 N–H and O–H groups in total. The van der Waals surface area contributed by atoms with Gasteiger partial charge in [-0.25, -0.2) is 9.97 Å². The third-order valence-electron chi connectivity index (χ3n) is 2.56. The second-order valence-corrected chi connectivity index (χ2v) is 5.78. The number of rotatable bonds is 6. The molecule has 1 aromatic rings. The molecule has 0 aromatic carbocycles. The summed E-state index contributed by atoms with van der Waals surface area (Å²) in [4.78, 5) is 9.27. The van der Waals surface area contributed by atoms with Gasteiger partial charge >= 0.3 is 0 Å². The van der Waals surface area contributed by atoms with Gasteiger partial charge in [0.2, 0.25) is 0 Å². The van der Waals surface area contributed by atoms with E-state index in [2.05, 4.69) is 53.7 Å². The lowest BCUT2D eigenvalue weighted by Gasteiger charge is -2.12. The van der Waals surface area contributed by atoms with Gasteiger partial charge in [-0.05, 0) is 41.4 Å². The third kappa shape index (κ3) is 4.41. The number of anilines is 1. The lowest BCUT2D eigenvalue weighted by Crippen LogP contribution is -2.09. The average molecular weight is 347 g/mol. The fourth-order valence-electron chi connectivity index (χ4n) is 1.68. The molecule has 0 aliphatic rings. The smallest absolute Gasteiger partial charge is 0.143 e. The third-order valence-corrected chi connectivity index (χ3v) is 3.69. The van der Waals surface area contributed by atoms with E-state index in [0.717, 1.165) is 30.9 Å². The summed E-state index contributed by atoms with van der Waals surface area (Å²) in [5, 5.41) is 3.17.